The Hall–Kier alpha value is -0.110. The van der Waals surface area contributed by atoms with Crippen molar-refractivity contribution in [3.05, 3.63) is 0 Å². The molecule has 2 aliphatic rings. The van der Waals surface area contributed by atoms with Crippen LogP contribution in [0.3, 0.4) is 0 Å². The maximum Gasteiger partial charge on any atom is 0.456 e. The van der Waals surface area contributed by atoms with E-state index in [1.807, 2.05) is 0 Å². The molecular weight excluding hydrogens is 258 g/mol. The van der Waals surface area contributed by atoms with Gasteiger partial charge in [0.1, 0.15) is 0 Å². The molecule has 0 spiro atoms. The Balaban J connectivity index is 1.52. The number of unbranched alkanes of at least 4 members (excludes halogenated alkanes) is 1. The van der Waals surface area contributed by atoms with Gasteiger partial charge in [-0.1, -0.05) is 12.8 Å². The van der Waals surface area contributed by atoms with Crippen molar-refractivity contribution in [3.63, 3.8) is 0 Å². The Bertz CT molecular complexity index is 211. The minimum absolute atomic E-state index is 0.0412. The van der Waals surface area contributed by atoms with Gasteiger partial charge in [-0.25, -0.2) is 0 Å². The molecule has 20 heavy (non-hydrogen) atoms. The lowest BCUT2D eigenvalue weighted by atomic mass is 9.77. The molecule has 2 heterocycles. The van der Waals surface area contributed by atoms with Gasteiger partial charge in [0.25, 0.3) is 0 Å². The van der Waals surface area contributed by atoms with E-state index < -0.39 is 0 Å². The van der Waals surface area contributed by atoms with Crippen LogP contribution in [0.5, 0.6) is 0 Å². The number of rotatable bonds is 5. The molecular formula is C12H26B2N2O4. The van der Waals surface area contributed by atoms with Crippen molar-refractivity contribution in [2.24, 2.45) is 0 Å². The third-order valence-corrected chi connectivity index (χ3v) is 3.46. The zero-order chi connectivity index (χ0) is 13.9. The predicted octanol–water partition coefficient (Wildman–Crippen LogP) is 0.0158. The summed E-state index contributed by atoms with van der Waals surface area (Å²) in [6.07, 6.45) is 4.07. The highest BCUT2D eigenvalue weighted by Gasteiger charge is 2.22. The van der Waals surface area contributed by atoms with Crippen LogP contribution in [-0.4, -0.2) is 66.8 Å². The molecule has 8 heteroatoms. The lowest BCUT2D eigenvalue weighted by Crippen LogP contribution is -2.36. The molecule has 2 fully saturated rings. The third kappa shape index (κ3) is 7.06. The van der Waals surface area contributed by atoms with Crippen molar-refractivity contribution in [1.82, 2.24) is 10.6 Å². The predicted molar refractivity (Wildman–Crippen MR) is 79.9 cm³/mol. The summed E-state index contributed by atoms with van der Waals surface area (Å²) in [6, 6.07) is 0. The quantitative estimate of drug-likeness (QED) is 0.548. The second-order valence-electron chi connectivity index (χ2n) is 5.13. The Kier molecular flexibility index (Phi) is 8.61. The van der Waals surface area contributed by atoms with Gasteiger partial charge in [0, 0.05) is 52.6 Å². The van der Waals surface area contributed by atoms with Gasteiger partial charge in [0.2, 0.25) is 0 Å². The standard InChI is InChI=1S/C12H26B2N2O4/c1(3-13-17-9-5-15-6-10-18-13)2-4-14-19-11-7-16-8-12-20-14/h15-16H,1-12H2. The first-order chi connectivity index (χ1) is 9.95. The van der Waals surface area contributed by atoms with Gasteiger partial charge in [-0.15, -0.1) is 0 Å². The third-order valence-electron chi connectivity index (χ3n) is 3.46. The maximum atomic E-state index is 5.66. The van der Waals surface area contributed by atoms with Crippen molar-refractivity contribution in [2.75, 3.05) is 52.6 Å². The lowest BCUT2D eigenvalue weighted by molar-refractivity contribution is 0.173. The second kappa shape index (κ2) is 10.6. The first kappa shape index (κ1) is 16.3. The molecule has 0 saturated carbocycles. The first-order valence-corrected chi connectivity index (χ1v) is 7.83. The summed E-state index contributed by atoms with van der Waals surface area (Å²) >= 11 is 0. The van der Waals surface area contributed by atoms with E-state index >= 15 is 0 Å². The number of hydrogen-bond donors (Lipinski definition) is 2. The molecule has 0 aromatic carbocycles. The summed E-state index contributed by atoms with van der Waals surface area (Å²) in [6.45, 7) is 6.57. The van der Waals surface area contributed by atoms with Gasteiger partial charge >= 0.3 is 14.2 Å². The van der Waals surface area contributed by atoms with E-state index in [-0.39, 0.29) is 14.2 Å². The van der Waals surface area contributed by atoms with E-state index in [1.54, 1.807) is 0 Å². The van der Waals surface area contributed by atoms with E-state index in [0.29, 0.717) is 0 Å². The van der Waals surface area contributed by atoms with Gasteiger partial charge in [0.05, 0.1) is 0 Å². The topological polar surface area (TPSA) is 61.0 Å². The molecule has 2 rings (SSSR count). The fourth-order valence-electron chi connectivity index (χ4n) is 2.35. The lowest BCUT2D eigenvalue weighted by Gasteiger charge is -2.20. The van der Waals surface area contributed by atoms with E-state index in [2.05, 4.69) is 10.6 Å². The van der Waals surface area contributed by atoms with Gasteiger partial charge in [0.15, 0.2) is 0 Å². The van der Waals surface area contributed by atoms with Crippen LogP contribution in [0.15, 0.2) is 0 Å². The second-order valence-corrected chi connectivity index (χ2v) is 5.13. The van der Waals surface area contributed by atoms with Crippen LogP contribution in [-0.2, 0) is 18.6 Å². The highest BCUT2D eigenvalue weighted by atomic mass is 16.6. The van der Waals surface area contributed by atoms with Crippen molar-refractivity contribution in [3.8, 4) is 0 Å². The van der Waals surface area contributed by atoms with Crippen LogP contribution in [0.1, 0.15) is 12.8 Å². The van der Waals surface area contributed by atoms with Crippen LogP contribution in [0.25, 0.3) is 0 Å². The normalized spacial score (nSPS) is 22.8. The zero-order valence-corrected chi connectivity index (χ0v) is 12.3. The fourth-order valence-corrected chi connectivity index (χ4v) is 2.35. The largest absolute Gasteiger partial charge is 0.456 e. The average Bonchev–Trinajstić information content (AvgIpc) is 2.38. The smallest absolute Gasteiger partial charge is 0.410 e. The molecule has 2 saturated heterocycles. The molecule has 0 aromatic rings. The first-order valence-electron chi connectivity index (χ1n) is 7.83. The summed E-state index contributed by atoms with van der Waals surface area (Å²) < 4.78 is 22.6. The minimum Gasteiger partial charge on any atom is -0.410 e. The molecule has 0 unspecified atom stereocenters. The van der Waals surface area contributed by atoms with E-state index in [1.165, 1.54) is 0 Å². The minimum atomic E-state index is -0.0412. The Morgan fingerprint density at radius 3 is 1.30 bits per heavy atom. The van der Waals surface area contributed by atoms with Crippen molar-refractivity contribution < 1.29 is 18.6 Å². The monoisotopic (exact) mass is 284 g/mol. The molecule has 2 aliphatic heterocycles. The van der Waals surface area contributed by atoms with Gasteiger partial charge < -0.3 is 29.3 Å². The van der Waals surface area contributed by atoms with E-state index in [4.69, 9.17) is 18.6 Å². The van der Waals surface area contributed by atoms with Crippen molar-refractivity contribution >= 4 is 14.2 Å². The van der Waals surface area contributed by atoms with E-state index in [9.17, 15) is 0 Å². The molecule has 0 atom stereocenters. The molecule has 0 aliphatic carbocycles. The summed E-state index contributed by atoms with van der Waals surface area (Å²) in [4.78, 5) is 0. The fraction of sp³-hybridized carbons (Fsp3) is 1.00. The molecule has 6 nitrogen and oxygen atoms in total. The van der Waals surface area contributed by atoms with E-state index in [0.717, 1.165) is 78.1 Å². The molecule has 114 valence electrons. The van der Waals surface area contributed by atoms with Crippen LogP contribution >= 0.6 is 0 Å². The molecule has 0 bridgehead atoms. The van der Waals surface area contributed by atoms with Crippen LogP contribution in [0.4, 0.5) is 0 Å². The summed E-state index contributed by atoms with van der Waals surface area (Å²) in [5.41, 5.74) is 0. The highest BCUT2D eigenvalue weighted by Crippen LogP contribution is 2.11. The maximum absolute atomic E-state index is 5.66. The van der Waals surface area contributed by atoms with Gasteiger partial charge in [-0.2, -0.15) is 0 Å². The molecule has 2 N–H and O–H groups in total. The van der Waals surface area contributed by atoms with Crippen LogP contribution < -0.4 is 10.6 Å². The summed E-state index contributed by atoms with van der Waals surface area (Å²) in [7, 11) is -0.0825. The Morgan fingerprint density at radius 1 is 0.600 bits per heavy atom. The summed E-state index contributed by atoms with van der Waals surface area (Å²) in [5, 5.41) is 6.48. The number of nitrogens with one attached hydrogen (secondary N) is 2. The Labute approximate surface area is 122 Å². The Morgan fingerprint density at radius 2 is 0.950 bits per heavy atom. The molecule has 0 radical (unpaired) electrons. The van der Waals surface area contributed by atoms with Crippen molar-refractivity contribution in [2.45, 2.75) is 25.5 Å². The molecule has 0 aromatic heterocycles. The SMILES string of the molecule is C(CCB1OCCNCCO1)CB1OCCNCCO1. The molecule has 0 amide bonds. The average molecular weight is 284 g/mol. The van der Waals surface area contributed by atoms with Gasteiger partial charge in [-0.3, -0.25) is 0 Å². The van der Waals surface area contributed by atoms with Crippen LogP contribution in [0.2, 0.25) is 12.6 Å². The summed E-state index contributed by atoms with van der Waals surface area (Å²) in [5.74, 6) is 0. The highest BCUT2D eigenvalue weighted by molar-refractivity contribution is 6.45. The van der Waals surface area contributed by atoms with Gasteiger partial charge in [-0.05, 0) is 12.6 Å². The van der Waals surface area contributed by atoms with Crippen LogP contribution in [0, 0.1) is 0 Å². The van der Waals surface area contributed by atoms with Crippen molar-refractivity contribution in [1.29, 1.82) is 0 Å². The number of hydrogen-bond acceptors (Lipinski definition) is 6. The zero-order valence-electron chi connectivity index (χ0n) is 12.3.